The molecule has 1 aliphatic rings. The summed E-state index contributed by atoms with van der Waals surface area (Å²) in [6.45, 7) is 1.83. The van der Waals surface area contributed by atoms with Crippen molar-refractivity contribution in [2.75, 3.05) is 6.61 Å². The molecule has 14 heavy (non-hydrogen) atoms. The predicted octanol–water partition coefficient (Wildman–Crippen LogP) is 0.540. The van der Waals surface area contributed by atoms with Crippen LogP contribution in [0.1, 0.15) is 32.6 Å². The van der Waals surface area contributed by atoms with Crippen molar-refractivity contribution in [1.29, 1.82) is 0 Å². The number of esters is 1. The van der Waals surface area contributed by atoms with Crippen LogP contribution in [0, 0.1) is 0 Å². The molecular formula is C9H15NO4. The van der Waals surface area contributed by atoms with Gasteiger partial charge in [0.1, 0.15) is 0 Å². The lowest BCUT2D eigenvalue weighted by Crippen LogP contribution is -2.35. The smallest absolute Gasteiger partial charge is 0.399 e. The van der Waals surface area contributed by atoms with Gasteiger partial charge in [-0.05, 0) is 19.8 Å². The van der Waals surface area contributed by atoms with Crippen molar-refractivity contribution in [2.45, 2.75) is 38.7 Å². The second-order valence-electron chi connectivity index (χ2n) is 3.18. The summed E-state index contributed by atoms with van der Waals surface area (Å²) < 4.78 is 4.49. The van der Waals surface area contributed by atoms with Crippen molar-refractivity contribution in [2.24, 2.45) is 0 Å². The molecule has 1 fully saturated rings. The topological polar surface area (TPSA) is 64.6 Å². The fourth-order valence-electron chi connectivity index (χ4n) is 1.38. The predicted molar refractivity (Wildman–Crippen MR) is 48.1 cm³/mol. The zero-order chi connectivity index (χ0) is 10.4. The number of nitrogens with one attached hydrogen (secondary N) is 1. The lowest BCUT2D eigenvalue weighted by atomic mass is 10.3. The van der Waals surface area contributed by atoms with Gasteiger partial charge in [0.15, 0.2) is 0 Å². The molecule has 0 aromatic rings. The van der Waals surface area contributed by atoms with E-state index in [2.05, 4.69) is 10.2 Å². The Balaban J connectivity index is 2.16. The Morgan fingerprint density at radius 3 is 2.57 bits per heavy atom. The van der Waals surface area contributed by atoms with Crippen molar-refractivity contribution >= 4 is 11.9 Å². The molecule has 0 aromatic heterocycles. The molecule has 0 atom stereocenters. The van der Waals surface area contributed by atoms with Gasteiger partial charge in [-0.3, -0.25) is 9.63 Å². The van der Waals surface area contributed by atoms with Crippen LogP contribution in [-0.4, -0.2) is 24.6 Å². The maximum absolute atomic E-state index is 11.0. The zero-order valence-electron chi connectivity index (χ0n) is 8.25. The van der Waals surface area contributed by atoms with E-state index in [0.717, 1.165) is 25.7 Å². The van der Waals surface area contributed by atoms with Crippen LogP contribution >= 0.6 is 0 Å². The average Bonchev–Trinajstić information content (AvgIpc) is 2.67. The van der Waals surface area contributed by atoms with Crippen molar-refractivity contribution in [3.63, 3.8) is 0 Å². The molecule has 1 aliphatic carbocycles. The van der Waals surface area contributed by atoms with E-state index >= 15 is 0 Å². The number of hydrogen-bond donors (Lipinski definition) is 1. The minimum atomic E-state index is -0.898. The number of carbonyl (C=O) groups excluding carboxylic acids is 2. The lowest BCUT2D eigenvalue weighted by molar-refractivity contribution is -0.162. The second kappa shape index (κ2) is 5.59. The third-order valence-corrected chi connectivity index (χ3v) is 2.08. The van der Waals surface area contributed by atoms with Gasteiger partial charge < -0.3 is 4.74 Å². The van der Waals surface area contributed by atoms with Gasteiger partial charge in [0.05, 0.1) is 12.7 Å². The van der Waals surface area contributed by atoms with Gasteiger partial charge in [-0.25, -0.2) is 10.3 Å². The van der Waals surface area contributed by atoms with E-state index < -0.39 is 11.9 Å². The number of hydrogen-bond acceptors (Lipinski definition) is 4. The van der Waals surface area contributed by atoms with E-state index in [1.54, 1.807) is 6.92 Å². The minimum Gasteiger partial charge on any atom is -0.459 e. The van der Waals surface area contributed by atoms with E-state index in [1.165, 1.54) is 0 Å². The fourth-order valence-corrected chi connectivity index (χ4v) is 1.38. The molecule has 0 aliphatic heterocycles. The Labute approximate surface area is 82.7 Å². The molecule has 0 aromatic carbocycles. The molecule has 0 heterocycles. The number of rotatable bonds is 3. The summed E-state index contributed by atoms with van der Waals surface area (Å²) in [6.07, 6.45) is 4.14. The van der Waals surface area contributed by atoms with E-state index in [-0.39, 0.29) is 12.7 Å². The highest BCUT2D eigenvalue weighted by Gasteiger charge is 2.20. The van der Waals surface area contributed by atoms with Gasteiger partial charge in [0, 0.05) is 0 Å². The summed E-state index contributed by atoms with van der Waals surface area (Å²) in [5.41, 5.74) is 2.10. The highest BCUT2D eigenvalue weighted by Crippen LogP contribution is 2.19. The van der Waals surface area contributed by atoms with E-state index in [9.17, 15) is 9.59 Å². The zero-order valence-corrected chi connectivity index (χ0v) is 8.25. The minimum absolute atomic E-state index is 0.0494. The summed E-state index contributed by atoms with van der Waals surface area (Å²) in [5.74, 6) is -1.73. The van der Waals surface area contributed by atoms with Gasteiger partial charge in [0.25, 0.3) is 0 Å². The molecule has 0 saturated heterocycles. The first-order chi connectivity index (χ1) is 6.74. The van der Waals surface area contributed by atoms with Crippen LogP contribution < -0.4 is 5.48 Å². The first-order valence-electron chi connectivity index (χ1n) is 4.86. The first-order valence-corrected chi connectivity index (χ1v) is 4.86. The van der Waals surface area contributed by atoms with Crippen molar-refractivity contribution in [3.8, 4) is 0 Å². The molecule has 1 amide bonds. The molecule has 0 bridgehead atoms. The third-order valence-electron chi connectivity index (χ3n) is 2.08. The lowest BCUT2D eigenvalue weighted by Gasteiger charge is -2.10. The number of ether oxygens (including phenoxy) is 1. The molecule has 5 heteroatoms. The SMILES string of the molecule is CCOC(=O)C(=O)NOC1CCCC1. The van der Waals surface area contributed by atoms with Crippen LogP contribution in [0.3, 0.4) is 0 Å². The summed E-state index contributed by atoms with van der Waals surface area (Å²) in [6, 6.07) is 0. The standard InChI is InChI=1S/C9H15NO4/c1-2-13-9(12)8(11)10-14-7-5-3-4-6-7/h7H,2-6H2,1H3,(H,10,11). The maximum atomic E-state index is 11.0. The van der Waals surface area contributed by atoms with Crippen LogP contribution in [0.2, 0.25) is 0 Å². The Hall–Kier alpha value is -1.10. The first kappa shape index (κ1) is 11.0. The van der Waals surface area contributed by atoms with E-state index in [0.29, 0.717) is 0 Å². The van der Waals surface area contributed by atoms with Crippen molar-refractivity contribution in [3.05, 3.63) is 0 Å². The molecular weight excluding hydrogens is 186 g/mol. The normalized spacial score (nSPS) is 16.6. The number of amides is 1. The molecule has 1 rings (SSSR count). The molecule has 0 spiro atoms. The second-order valence-corrected chi connectivity index (χ2v) is 3.18. The Bertz CT molecular complexity index is 211. The fraction of sp³-hybridized carbons (Fsp3) is 0.778. The van der Waals surface area contributed by atoms with Crippen LogP contribution in [0.4, 0.5) is 0 Å². The van der Waals surface area contributed by atoms with Crippen LogP contribution in [-0.2, 0) is 19.2 Å². The van der Waals surface area contributed by atoms with Gasteiger partial charge in [-0.1, -0.05) is 12.8 Å². The van der Waals surface area contributed by atoms with Crippen LogP contribution in [0.5, 0.6) is 0 Å². The maximum Gasteiger partial charge on any atom is 0.399 e. The van der Waals surface area contributed by atoms with Gasteiger partial charge in [0.2, 0.25) is 0 Å². The Kier molecular flexibility index (Phi) is 4.39. The van der Waals surface area contributed by atoms with Crippen molar-refractivity contribution in [1.82, 2.24) is 5.48 Å². The van der Waals surface area contributed by atoms with Crippen LogP contribution in [0.25, 0.3) is 0 Å². The van der Waals surface area contributed by atoms with E-state index in [1.807, 2.05) is 0 Å². The number of carbonyl (C=O) groups is 2. The highest BCUT2D eigenvalue weighted by molar-refractivity contribution is 6.32. The largest absolute Gasteiger partial charge is 0.459 e. The summed E-state index contributed by atoms with van der Waals surface area (Å²) >= 11 is 0. The Morgan fingerprint density at radius 2 is 2.00 bits per heavy atom. The molecule has 5 nitrogen and oxygen atoms in total. The summed E-state index contributed by atoms with van der Waals surface area (Å²) in [5, 5.41) is 0. The Morgan fingerprint density at radius 1 is 1.36 bits per heavy atom. The summed E-state index contributed by atoms with van der Waals surface area (Å²) in [4.78, 5) is 26.8. The van der Waals surface area contributed by atoms with Gasteiger partial charge in [-0.2, -0.15) is 0 Å². The summed E-state index contributed by atoms with van der Waals surface area (Å²) in [7, 11) is 0. The molecule has 0 unspecified atom stereocenters. The van der Waals surface area contributed by atoms with Gasteiger partial charge in [-0.15, -0.1) is 0 Å². The van der Waals surface area contributed by atoms with E-state index in [4.69, 9.17) is 4.84 Å². The highest BCUT2D eigenvalue weighted by atomic mass is 16.7. The van der Waals surface area contributed by atoms with Crippen LogP contribution in [0.15, 0.2) is 0 Å². The molecule has 1 saturated carbocycles. The quantitative estimate of drug-likeness (QED) is 0.411. The number of hydroxylamine groups is 1. The average molecular weight is 201 g/mol. The third kappa shape index (κ3) is 3.33. The molecule has 0 radical (unpaired) electrons. The van der Waals surface area contributed by atoms with Crippen molar-refractivity contribution < 1.29 is 19.2 Å². The molecule has 80 valence electrons. The van der Waals surface area contributed by atoms with Gasteiger partial charge >= 0.3 is 11.9 Å². The molecule has 1 N–H and O–H groups in total. The monoisotopic (exact) mass is 201 g/mol.